The predicted octanol–water partition coefficient (Wildman–Crippen LogP) is 4.39. The molecule has 2 aliphatic heterocycles. The molecule has 1 saturated carbocycles. The molecule has 0 radical (unpaired) electrons. The lowest BCUT2D eigenvalue weighted by Crippen LogP contribution is -2.61. The van der Waals surface area contributed by atoms with Crippen LogP contribution in [0.4, 0.5) is 13.2 Å². The van der Waals surface area contributed by atoms with Crippen molar-refractivity contribution in [1.82, 2.24) is 20.2 Å². The zero-order valence-electron chi connectivity index (χ0n) is 22.0. The lowest BCUT2D eigenvalue weighted by atomic mass is 9.85. The molecule has 3 aliphatic rings. The molecule has 1 unspecified atom stereocenters. The summed E-state index contributed by atoms with van der Waals surface area (Å²) in [6.45, 7) is 11.1. The summed E-state index contributed by atoms with van der Waals surface area (Å²) >= 11 is 0. The Balaban J connectivity index is 1.63. The Kier molecular flexibility index (Phi) is 10.1. The number of carbonyl (C=O) groups is 1. The maximum atomic E-state index is 13.0. The second kappa shape index (κ2) is 12.9. The van der Waals surface area contributed by atoms with E-state index in [1.165, 1.54) is 0 Å². The van der Waals surface area contributed by atoms with Gasteiger partial charge in [0.2, 0.25) is 6.41 Å². The normalized spacial score (nSPS) is 28.1. The number of aliphatic imine (C=N–C) groups is 2. The van der Waals surface area contributed by atoms with Crippen LogP contribution in [0.25, 0.3) is 0 Å². The van der Waals surface area contributed by atoms with Crippen molar-refractivity contribution in [1.29, 1.82) is 0 Å². The lowest BCUT2D eigenvalue weighted by Gasteiger charge is -2.46. The molecule has 0 aromatic carbocycles. The highest BCUT2D eigenvalue weighted by atomic mass is 19.4. The van der Waals surface area contributed by atoms with Crippen LogP contribution in [0.5, 0.6) is 0 Å². The second-order valence-electron chi connectivity index (χ2n) is 10.3. The molecule has 7 nitrogen and oxygen atoms in total. The maximum absolute atomic E-state index is 13.0. The Labute approximate surface area is 213 Å². The molecule has 1 aliphatic carbocycles. The summed E-state index contributed by atoms with van der Waals surface area (Å²) in [7, 11) is 0. The quantitative estimate of drug-likeness (QED) is 0.492. The molecule has 2 fully saturated rings. The zero-order valence-corrected chi connectivity index (χ0v) is 22.0. The number of alkyl halides is 3. The minimum Gasteiger partial charge on any atom is -0.328 e. The molecule has 0 aromatic heterocycles. The van der Waals surface area contributed by atoms with Crippen molar-refractivity contribution in [3.05, 3.63) is 23.8 Å². The minimum absolute atomic E-state index is 0.0819. The number of hydrazine groups is 1. The second-order valence-corrected chi connectivity index (χ2v) is 10.3. The summed E-state index contributed by atoms with van der Waals surface area (Å²) in [6.07, 6.45) is 5.17. The van der Waals surface area contributed by atoms with E-state index in [1.807, 2.05) is 17.2 Å². The van der Waals surface area contributed by atoms with E-state index in [1.54, 1.807) is 5.01 Å². The van der Waals surface area contributed by atoms with Crippen LogP contribution in [-0.4, -0.2) is 84.1 Å². The fourth-order valence-electron chi connectivity index (χ4n) is 4.75. The van der Waals surface area contributed by atoms with Crippen molar-refractivity contribution in [2.24, 2.45) is 21.8 Å². The third-order valence-electron chi connectivity index (χ3n) is 7.44. The zero-order chi connectivity index (χ0) is 26.3. The summed E-state index contributed by atoms with van der Waals surface area (Å²) < 4.78 is 39.1. The van der Waals surface area contributed by atoms with Gasteiger partial charge in [0.25, 0.3) is 0 Å². The Morgan fingerprint density at radius 1 is 1.17 bits per heavy atom. The van der Waals surface area contributed by atoms with Gasteiger partial charge < -0.3 is 5.32 Å². The Hall–Kier alpha value is -2.20. The monoisotopic (exact) mass is 510 g/mol. The van der Waals surface area contributed by atoms with Crippen LogP contribution in [0.3, 0.4) is 0 Å². The predicted molar refractivity (Wildman–Crippen MR) is 138 cm³/mol. The first kappa shape index (κ1) is 28.4. The molecular formula is C26H41F3N6O. The highest BCUT2D eigenvalue weighted by Gasteiger charge is 2.43. The van der Waals surface area contributed by atoms with Crippen LogP contribution in [0.15, 0.2) is 33.8 Å². The van der Waals surface area contributed by atoms with Gasteiger partial charge in [-0.1, -0.05) is 39.0 Å². The Morgan fingerprint density at radius 2 is 1.89 bits per heavy atom. The molecule has 2 heterocycles. The van der Waals surface area contributed by atoms with Gasteiger partial charge in [0.05, 0.1) is 31.7 Å². The highest BCUT2D eigenvalue weighted by Crippen LogP contribution is 2.39. The first-order valence-corrected chi connectivity index (χ1v) is 13.1. The number of allylic oxidation sites excluding steroid dienone is 3. The highest BCUT2D eigenvalue weighted by molar-refractivity contribution is 6.12. The van der Waals surface area contributed by atoms with Crippen LogP contribution in [-0.2, 0) is 4.79 Å². The number of amides is 1. The topological polar surface area (TPSA) is 63.5 Å². The van der Waals surface area contributed by atoms with Gasteiger partial charge in [-0.2, -0.15) is 13.2 Å². The van der Waals surface area contributed by atoms with Gasteiger partial charge in [-0.3, -0.25) is 24.7 Å². The molecule has 3 rings (SSSR count). The van der Waals surface area contributed by atoms with Gasteiger partial charge in [-0.25, -0.2) is 5.01 Å². The maximum Gasteiger partial charge on any atom is 0.391 e. The number of nitrogens with one attached hydrogen (secondary N) is 1. The molecular weight excluding hydrogens is 469 g/mol. The van der Waals surface area contributed by atoms with Gasteiger partial charge in [-0.15, -0.1) is 0 Å². The number of hydrogen-bond acceptors (Lipinski definition) is 5. The molecule has 1 saturated heterocycles. The SMILES string of the molecule is CC/C=C\C=C1/CN=C(CN2CCN(C3CCC(C(F)(F)F)CC3)CN2C=O)NC1=NC(C)C(C)C. The van der Waals surface area contributed by atoms with E-state index in [0.717, 1.165) is 30.1 Å². The molecule has 0 spiro atoms. The summed E-state index contributed by atoms with van der Waals surface area (Å²) in [6, 6.07) is 0.228. The number of halogens is 3. The molecule has 36 heavy (non-hydrogen) atoms. The van der Waals surface area contributed by atoms with Gasteiger partial charge in [0, 0.05) is 24.7 Å². The largest absolute Gasteiger partial charge is 0.391 e. The number of hydrogen-bond donors (Lipinski definition) is 1. The molecule has 1 amide bonds. The Bertz CT molecular complexity index is 858. The standard InChI is InChI=1S/C26H41F3N6O/c1-5-6-7-8-21-15-30-24(32-25(21)31-20(4)19(2)3)16-34-14-13-33(17-35(34)18-36)23-11-9-22(10-12-23)26(27,28)29/h6-8,18-20,22-23H,5,9-17H2,1-4H3,(H,30,31,32)/b7-6-,21-8+. The first-order valence-electron chi connectivity index (χ1n) is 13.1. The molecule has 202 valence electrons. The van der Waals surface area contributed by atoms with Crippen molar-refractivity contribution >= 4 is 18.1 Å². The van der Waals surface area contributed by atoms with E-state index in [0.29, 0.717) is 51.6 Å². The third kappa shape index (κ3) is 7.65. The van der Waals surface area contributed by atoms with Gasteiger partial charge >= 0.3 is 6.18 Å². The molecule has 0 bridgehead atoms. The van der Waals surface area contributed by atoms with Crippen LogP contribution in [0.1, 0.15) is 59.8 Å². The smallest absolute Gasteiger partial charge is 0.328 e. The summed E-state index contributed by atoms with van der Waals surface area (Å²) in [5.74, 6) is 0.782. The van der Waals surface area contributed by atoms with Gasteiger partial charge in [0.15, 0.2) is 0 Å². The summed E-state index contributed by atoms with van der Waals surface area (Å²) in [5.41, 5.74) is 1.03. The molecule has 1 atom stereocenters. The van der Waals surface area contributed by atoms with Gasteiger partial charge in [0.1, 0.15) is 11.7 Å². The fourth-order valence-corrected chi connectivity index (χ4v) is 4.75. The van der Waals surface area contributed by atoms with E-state index >= 15 is 0 Å². The minimum atomic E-state index is -4.11. The summed E-state index contributed by atoms with van der Waals surface area (Å²) in [4.78, 5) is 23.7. The number of carbonyl (C=O) groups excluding carboxylic acids is 1. The number of amidine groups is 2. The van der Waals surface area contributed by atoms with Crippen LogP contribution >= 0.6 is 0 Å². The van der Waals surface area contributed by atoms with E-state index < -0.39 is 12.1 Å². The third-order valence-corrected chi connectivity index (χ3v) is 7.44. The van der Waals surface area contributed by atoms with Crippen LogP contribution < -0.4 is 5.32 Å². The Morgan fingerprint density at radius 3 is 2.50 bits per heavy atom. The van der Waals surface area contributed by atoms with Gasteiger partial charge in [-0.05, 0) is 44.9 Å². The molecule has 10 heteroatoms. The lowest BCUT2D eigenvalue weighted by molar-refractivity contribution is -0.187. The van der Waals surface area contributed by atoms with E-state index in [9.17, 15) is 18.0 Å². The molecule has 0 aromatic rings. The van der Waals surface area contributed by atoms with Crippen molar-refractivity contribution in [3.63, 3.8) is 0 Å². The van der Waals surface area contributed by atoms with Crippen LogP contribution in [0.2, 0.25) is 0 Å². The number of rotatable bonds is 8. The van der Waals surface area contributed by atoms with Crippen molar-refractivity contribution < 1.29 is 18.0 Å². The average molecular weight is 511 g/mol. The number of nitrogens with zero attached hydrogens (tertiary/aromatic N) is 5. The van der Waals surface area contributed by atoms with Crippen molar-refractivity contribution in [3.8, 4) is 0 Å². The van der Waals surface area contributed by atoms with Crippen molar-refractivity contribution in [2.45, 2.75) is 78.1 Å². The first-order chi connectivity index (χ1) is 17.1. The average Bonchev–Trinajstić information content (AvgIpc) is 2.85. The van der Waals surface area contributed by atoms with Crippen LogP contribution in [0, 0.1) is 11.8 Å². The van der Waals surface area contributed by atoms with E-state index in [2.05, 4.69) is 44.0 Å². The summed E-state index contributed by atoms with van der Waals surface area (Å²) in [5, 5.41) is 6.96. The van der Waals surface area contributed by atoms with Crippen molar-refractivity contribution in [2.75, 3.05) is 32.8 Å². The molecule has 1 N–H and O–H groups in total. The fraction of sp³-hybridized carbons (Fsp3) is 0.731. The van der Waals surface area contributed by atoms with E-state index in [4.69, 9.17) is 9.98 Å². The van der Waals surface area contributed by atoms with E-state index in [-0.39, 0.29) is 24.9 Å².